The Balaban J connectivity index is 0.973. The number of furan rings is 1. The number of fused-ring (bicyclic) bond motifs is 3. The molecule has 9 nitrogen and oxygen atoms in total. The van der Waals surface area contributed by atoms with Gasteiger partial charge in [0.1, 0.15) is 5.82 Å². The molecule has 2 aliphatic rings. The van der Waals surface area contributed by atoms with E-state index in [9.17, 15) is 9.59 Å². The van der Waals surface area contributed by atoms with E-state index in [1.165, 1.54) is 5.56 Å². The second-order valence-electron chi connectivity index (χ2n) is 14.3. The molecule has 0 spiro atoms. The minimum Gasteiger partial charge on any atom is -0.493 e. The number of piperidine rings is 1. The van der Waals surface area contributed by atoms with Crippen LogP contribution >= 0.6 is 0 Å². The van der Waals surface area contributed by atoms with Crippen LogP contribution in [0.25, 0.3) is 16.7 Å². The van der Waals surface area contributed by atoms with Crippen molar-refractivity contribution in [3.63, 3.8) is 0 Å². The van der Waals surface area contributed by atoms with Crippen LogP contribution in [0.15, 0.2) is 83.3 Å². The van der Waals surface area contributed by atoms with Gasteiger partial charge in [0.2, 0.25) is 0 Å². The van der Waals surface area contributed by atoms with Gasteiger partial charge in [0.15, 0.2) is 17.1 Å². The number of aromatic nitrogens is 2. The van der Waals surface area contributed by atoms with E-state index in [2.05, 4.69) is 48.4 Å². The molecule has 3 amide bonds. The van der Waals surface area contributed by atoms with Crippen LogP contribution in [-0.2, 0) is 11.8 Å². The summed E-state index contributed by atoms with van der Waals surface area (Å²) >= 11 is 0. The van der Waals surface area contributed by atoms with Gasteiger partial charge in [-0.2, -0.15) is 5.10 Å². The van der Waals surface area contributed by atoms with Gasteiger partial charge in [0.05, 0.1) is 18.5 Å². The number of anilines is 2. The standard InChI is InChI=1S/C39H43N5O4/c1-24-9-15-29(16-10-24)44-35(23-34(42-44)39(2,3)4)41-38(46)40-28-13-11-25(12-14-28)19-26-20-30-17-18-31(21-26)43(30)37(45)33-22-27-7-6-8-32(47-5)36(27)48-33/h6-16,22-23,26,30-31H,17-21H2,1-5H3,(H2,40,41,46). The molecule has 2 N–H and O–H groups in total. The largest absolute Gasteiger partial charge is 0.493 e. The minimum absolute atomic E-state index is 0.0237. The molecule has 2 unspecified atom stereocenters. The van der Waals surface area contributed by atoms with Gasteiger partial charge < -0.3 is 19.4 Å². The van der Waals surface area contributed by atoms with Gasteiger partial charge in [0.25, 0.3) is 5.91 Å². The van der Waals surface area contributed by atoms with Crippen LogP contribution in [0.2, 0.25) is 0 Å². The third kappa shape index (κ3) is 6.29. The van der Waals surface area contributed by atoms with Crippen molar-refractivity contribution in [1.82, 2.24) is 14.7 Å². The van der Waals surface area contributed by atoms with Crippen LogP contribution in [0.4, 0.5) is 16.3 Å². The summed E-state index contributed by atoms with van der Waals surface area (Å²) in [5.41, 5.74) is 5.32. The Kier molecular flexibility index (Phi) is 8.23. The fraction of sp³-hybridized carbons (Fsp3) is 0.359. The second kappa shape index (κ2) is 12.5. The Labute approximate surface area is 281 Å². The molecular weight excluding hydrogens is 602 g/mol. The van der Waals surface area contributed by atoms with Gasteiger partial charge in [0, 0.05) is 34.6 Å². The lowest BCUT2D eigenvalue weighted by Gasteiger charge is -2.38. The molecule has 7 rings (SSSR count). The molecule has 48 heavy (non-hydrogen) atoms. The average molecular weight is 646 g/mol. The number of carbonyl (C=O) groups excluding carboxylic acids is 2. The zero-order valence-electron chi connectivity index (χ0n) is 28.2. The van der Waals surface area contributed by atoms with E-state index in [-0.39, 0.29) is 29.4 Å². The zero-order chi connectivity index (χ0) is 33.6. The lowest BCUT2D eigenvalue weighted by atomic mass is 9.85. The Morgan fingerprint density at radius 1 is 0.938 bits per heavy atom. The van der Waals surface area contributed by atoms with Gasteiger partial charge in [-0.25, -0.2) is 9.48 Å². The van der Waals surface area contributed by atoms with Crippen molar-refractivity contribution in [3.8, 4) is 11.4 Å². The van der Waals surface area contributed by atoms with Crippen molar-refractivity contribution in [1.29, 1.82) is 0 Å². The van der Waals surface area contributed by atoms with Gasteiger partial charge in [-0.3, -0.25) is 10.1 Å². The van der Waals surface area contributed by atoms with E-state index >= 15 is 0 Å². The lowest BCUT2D eigenvalue weighted by molar-refractivity contribution is 0.0495. The zero-order valence-corrected chi connectivity index (χ0v) is 28.2. The van der Waals surface area contributed by atoms with Crippen molar-refractivity contribution >= 4 is 34.4 Å². The van der Waals surface area contributed by atoms with Crippen molar-refractivity contribution in [3.05, 3.63) is 101 Å². The number of methoxy groups -OCH3 is 1. The fourth-order valence-corrected chi connectivity index (χ4v) is 7.27. The molecule has 0 saturated carbocycles. The van der Waals surface area contributed by atoms with Crippen molar-refractivity contribution < 1.29 is 18.7 Å². The number of benzene rings is 3. The van der Waals surface area contributed by atoms with Crippen molar-refractivity contribution in [2.45, 2.75) is 77.3 Å². The third-order valence-corrected chi connectivity index (χ3v) is 9.74. The maximum atomic E-state index is 13.6. The van der Waals surface area contributed by atoms with E-state index in [0.29, 0.717) is 28.8 Å². The average Bonchev–Trinajstić information content (AvgIpc) is 3.76. The second-order valence-corrected chi connectivity index (χ2v) is 14.3. The van der Waals surface area contributed by atoms with E-state index in [1.807, 2.05) is 73.7 Å². The number of nitrogens with one attached hydrogen (secondary N) is 2. The minimum atomic E-state index is -0.326. The van der Waals surface area contributed by atoms with Gasteiger partial charge in [-0.15, -0.1) is 0 Å². The van der Waals surface area contributed by atoms with Crippen LogP contribution in [0, 0.1) is 12.8 Å². The molecule has 3 aromatic carbocycles. The number of para-hydroxylation sites is 1. The van der Waals surface area contributed by atoms with Crippen molar-refractivity contribution in [2.75, 3.05) is 17.7 Å². The topological polar surface area (TPSA) is 102 Å². The maximum Gasteiger partial charge on any atom is 0.324 e. The van der Waals surface area contributed by atoms with Gasteiger partial charge in [-0.05, 0) is 86.9 Å². The highest BCUT2D eigenvalue weighted by Gasteiger charge is 2.44. The SMILES string of the molecule is COc1cccc2cc(C(=O)N3C4CCC3CC(Cc3ccc(NC(=O)Nc5cc(C(C)(C)C)nn5-c5ccc(C)cc5)cc3)C4)oc12. The molecule has 2 fully saturated rings. The molecule has 2 aromatic heterocycles. The number of rotatable bonds is 7. The number of hydrogen-bond donors (Lipinski definition) is 2. The molecule has 4 heterocycles. The number of carbonyl (C=O) groups is 2. The Bertz CT molecular complexity index is 1940. The van der Waals surface area contributed by atoms with Crippen LogP contribution in [0.1, 0.15) is 73.8 Å². The highest BCUT2D eigenvalue weighted by atomic mass is 16.5. The Morgan fingerprint density at radius 3 is 2.31 bits per heavy atom. The van der Waals surface area contributed by atoms with Gasteiger partial charge in [-0.1, -0.05) is 62.7 Å². The first-order valence-electron chi connectivity index (χ1n) is 16.8. The van der Waals surface area contributed by atoms with E-state index in [4.69, 9.17) is 14.3 Å². The summed E-state index contributed by atoms with van der Waals surface area (Å²) in [5.74, 6) is 2.09. The summed E-state index contributed by atoms with van der Waals surface area (Å²) < 4.78 is 13.2. The Morgan fingerprint density at radius 2 is 1.65 bits per heavy atom. The molecule has 5 aromatic rings. The first kappa shape index (κ1) is 31.5. The van der Waals surface area contributed by atoms with E-state index in [1.54, 1.807) is 11.8 Å². The van der Waals surface area contributed by atoms with E-state index < -0.39 is 0 Å². The predicted molar refractivity (Wildman–Crippen MR) is 188 cm³/mol. The van der Waals surface area contributed by atoms with Gasteiger partial charge >= 0.3 is 6.03 Å². The quantitative estimate of drug-likeness (QED) is 0.185. The molecule has 0 aliphatic carbocycles. The maximum absolute atomic E-state index is 13.6. The highest BCUT2D eigenvalue weighted by Crippen LogP contribution is 2.41. The first-order chi connectivity index (χ1) is 23.1. The van der Waals surface area contributed by atoms with Crippen LogP contribution in [-0.4, -0.2) is 45.8 Å². The molecule has 9 heteroatoms. The number of amides is 3. The molecule has 2 atom stereocenters. The summed E-state index contributed by atoms with van der Waals surface area (Å²) in [4.78, 5) is 28.8. The summed E-state index contributed by atoms with van der Waals surface area (Å²) in [6.07, 6.45) is 4.93. The monoisotopic (exact) mass is 645 g/mol. The van der Waals surface area contributed by atoms with E-state index in [0.717, 1.165) is 60.1 Å². The van der Waals surface area contributed by atoms with Crippen LogP contribution in [0.3, 0.4) is 0 Å². The number of hydrogen-bond acceptors (Lipinski definition) is 5. The molecule has 2 aliphatic heterocycles. The summed E-state index contributed by atoms with van der Waals surface area (Å²) in [6.45, 7) is 8.36. The molecule has 248 valence electrons. The normalized spacial score (nSPS) is 19.0. The number of aryl methyl sites for hydroxylation is 1. The number of nitrogens with zero attached hydrogens (tertiary/aromatic N) is 3. The highest BCUT2D eigenvalue weighted by molar-refractivity contribution is 5.99. The summed E-state index contributed by atoms with van der Waals surface area (Å²) in [7, 11) is 1.61. The van der Waals surface area contributed by atoms with Crippen LogP contribution < -0.4 is 15.4 Å². The summed E-state index contributed by atoms with van der Waals surface area (Å²) in [5, 5.41) is 11.7. The van der Waals surface area contributed by atoms with Crippen LogP contribution in [0.5, 0.6) is 5.75 Å². The molecule has 2 saturated heterocycles. The lowest BCUT2D eigenvalue weighted by Crippen LogP contribution is -2.46. The smallest absolute Gasteiger partial charge is 0.324 e. The fourth-order valence-electron chi connectivity index (χ4n) is 7.27. The predicted octanol–water partition coefficient (Wildman–Crippen LogP) is 8.50. The molecule has 0 radical (unpaired) electrons. The van der Waals surface area contributed by atoms with Crippen molar-refractivity contribution in [2.24, 2.45) is 5.92 Å². The number of ether oxygens (including phenoxy) is 1. The third-order valence-electron chi connectivity index (χ3n) is 9.74. The molecular formula is C39H43N5O4. The number of urea groups is 1. The molecule has 2 bridgehead atoms. The Hall–Kier alpha value is -5.05. The summed E-state index contributed by atoms with van der Waals surface area (Å²) in [6, 6.07) is 25.7. The first-order valence-corrected chi connectivity index (χ1v) is 16.8.